The van der Waals surface area contributed by atoms with Crippen molar-refractivity contribution in [1.29, 1.82) is 0 Å². The average molecular weight is 251 g/mol. The lowest BCUT2D eigenvalue weighted by Gasteiger charge is -2.06. The first kappa shape index (κ1) is 13.9. The van der Waals surface area contributed by atoms with Gasteiger partial charge in [-0.1, -0.05) is 6.92 Å². The average Bonchev–Trinajstić information content (AvgIpc) is 2.36. The molecule has 0 saturated heterocycles. The van der Waals surface area contributed by atoms with Crippen LogP contribution in [0.5, 0.6) is 0 Å². The van der Waals surface area contributed by atoms with Crippen molar-refractivity contribution >= 4 is 17.6 Å². The molecule has 7 heteroatoms. The molecule has 0 aromatic carbocycles. The van der Waals surface area contributed by atoms with E-state index in [4.69, 9.17) is 5.73 Å². The molecule has 1 rings (SSSR count). The topological polar surface area (TPSA) is 110 Å². The molecule has 0 unspecified atom stereocenters. The molecule has 7 nitrogen and oxygen atoms in total. The number of nitrogens with one attached hydrogen (secondary N) is 2. The van der Waals surface area contributed by atoms with Crippen LogP contribution in [-0.4, -0.2) is 34.9 Å². The van der Waals surface area contributed by atoms with Crippen molar-refractivity contribution < 1.29 is 9.59 Å². The lowest BCUT2D eigenvalue weighted by atomic mass is 10.3. The molecule has 1 aromatic heterocycles. The number of nitrogens with zero attached hydrogens (tertiary/aromatic N) is 2. The highest BCUT2D eigenvalue weighted by molar-refractivity contribution is 5.92. The fourth-order valence-electron chi connectivity index (χ4n) is 1.20. The standard InChI is InChI=1S/C11H17N5O2/c1-2-4-14-10-7-13-6-8(16-10)11(18)15-5-3-9(12)17/h6-7H,2-5H2,1H3,(H2,12,17)(H,14,16)(H,15,18). The Balaban J connectivity index is 2.54. The van der Waals surface area contributed by atoms with Gasteiger partial charge in [0.25, 0.3) is 5.91 Å². The third-order valence-electron chi connectivity index (χ3n) is 2.08. The Hall–Kier alpha value is -2.18. The minimum atomic E-state index is -0.459. The van der Waals surface area contributed by atoms with Gasteiger partial charge >= 0.3 is 0 Å². The van der Waals surface area contributed by atoms with E-state index in [9.17, 15) is 9.59 Å². The van der Waals surface area contributed by atoms with Gasteiger partial charge in [0.2, 0.25) is 5.91 Å². The zero-order chi connectivity index (χ0) is 13.4. The third kappa shape index (κ3) is 4.77. The Morgan fingerprint density at radius 1 is 1.33 bits per heavy atom. The largest absolute Gasteiger partial charge is 0.370 e. The number of aromatic nitrogens is 2. The van der Waals surface area contributed by atoms with E-state index in [1.54, 1.807) is 6.20 Å². The Morgan fingerprint density at radius 3 is 2.78 bits per heavy atom. The van der Waals surface area contributed by atoms with Gasteiger partial charge in [-0.3, -0.25) is 14.6 Å². The molecule has 18 heavy (non-hydrogen) atoms. The monoisotopic (exact) mass is 251 g/mol. The summed E-state index contributed by atoms with van der Waals surface area (Å²) in [6.45, 7) is 2.99. The number of amides is 2. The maximum absolute atomic E-state index is 11.7. The quantitative estimate of drug-likeness (QED) is 0.627. The van der Waals surface area contributed by atoms with Gasteiger partial charge in [-0.05, 0) is 6.42 Å². The van der Waals surface area contributed by atoms with Crippen LogP contribution in [0.4, 0.5) is 5.82 Å². The summed E-state index contributed by atoms with van der Waals surface area (Å²) in [5, 5.41) is 5.58. The molecule has 0 bridgehead atoms. The summed E-state index contributed by atoms with van der Waals surface area (Å²) >= 11 is 0. The molecule has 0 fully saturated rings. The Bertz CT molecular complexity index is 422. The molecule has 1 aromatic rings. The van der Waals surface area contributed by atoms with Crippen LogP contribution in [-0.2, 0) is 4.79 Å². The maximum atomic E-state index is 11.7. The normalized spacial score (nSPS) is 9.83. The molecule has 0 saturated carbocycles. The number of primary amides is 1. The first-order chi connectivity index (χ1) is 8.63. The summed E-state index contributed by atoms with van der Waals surface area (Å²) in [7, 11) is 0. The SMILES string of the molecule is CCCNc1cncc(C(=O)NCCC(N)=O)n1. The predicted octanol–water partition coefficient (Wildman–Crippen LogP) is -0.0963. The van der Waals surface area contributed by atoms with Crippen LogP contribution in [0.15, 0.2) is 12.4 Å². The molecule has 2 amide bonds. The Morgan fingerprint density at radius 2 is 2.11 bits per heavy atom. The van der Waals surface area contributed by atoms with Gasteiger partial charge in [-0.25, -0.2) is 4.98 Å². The fraction of sp³-hybridized carbons (Fsp3) is 0.455. The second-order valence-corrected chi connectivity index (χ2v) is 3.69. The van der Waals surface area contributed by atoms with Crippen LogP contribution >= 0.6 is 0 Å². The van der Waals surface area contributed by atoms with Crippen LogP contribution < -0.4 is 16.4 Å². The van der Waals surface area contributed by atoms with Gasteiger partial charge in [0.05, 0.1) is 12.4 Å². The van der Waals surface area contributed by atoms with Crippen molar-refractivity contribution in [1.82, 2.24) is 15.3 Å². The van der Waals surface area contributed by atoms with E-state index in [-0.39, 0.29) is 24.6 Å². The Labute approximate surface area is 105 Å². The van der Waals surface area contributed by atoms with Crippen molar-refractivity contribution in [3.63, 3.8) is 0 Å². The van der Waals surface area contributed by atoms with E-state index in [1.807, 2.05) is 6.92 Å². The lowest BCUT2D eigenvalue weighted by Crippen LogP contribution is -2.28. The number of nitrogens with two attached hydrogens (primary N) is 1. The number of rotatable bonds is 7. The first-order valence-corrected chi connectivity index (χ1v) is 5.76. The molecular weight excluding hydrogens is 234 g/mol. The van der Waals surface area contributed by atoms with E-state index in [2.05, 4.69) is 20.6 Å². The summed E-state index contributed by atoms with van der Waals surface area (Å²) in [4.78, 5) is 30.2. The highest BCUT2D eigenvalue weighted by atomic mass is 16.2. The Kier molecular flexibility index (Phi) is 5.56. The fourth-order valence-corrected chi connectivity index (χ4v) is 1.20. The summed E-state index contributed by atoms with van der Waals surface area (Å²) in [6, 6.07) is 0. The van der Waals surface area contributed by atoms with E-state index >= 15 is 0 Å². The van der Waals surface area contributed by atoms with Crippen LogP contribution in [0.2, 0.25) is 0 Å². The summed E-state index contributed by atoms with van der Waals surface area (Å²) < 4.78 is 0. The van der Waals surface area contributed by atoms with Crippen molar-refractivity contribution in [2.24, 2.45) is 5.73 Å². The minimum Gasteiger partial charge on any atom is -0.370 e. The van der Waals surface area contributed by atoms with Gasteiger partial charge in [-0.2, -0.15) is 0 Å². The number of hydrogen-bond donors (Lipinski definition) is 3. The van der Waals surface area contributed by atoms with E-state index in [0.29, 0.717) is 5.82 Å². The van der Waals surface area contributed by atoms with Crippen molar-refractivity contribution in [3.05, 3.63) is 18.1 Å². The molecule has 0 spiro atoms. The van der Waals surface area contributed by atoms with Crippen LogP contribution in [0.25, 0.3) is 0 Å². The van der Waals surface area contributed by atoms with Crippen molar-refractivity contribution in [2.75, 3.05) is 18.4 Å². The second-order valence-electron chi connectivity index (χ2n) is 3.69. The molecule has 98 valence electrons. The van der Waals surface area contributed by atoms with Gasteiger partial charge < -0.3 is 16.4 Å². The minimum absolute atomic E-state index is 0.104. The summed E-state index contributed by atoms with van der Waals surface area (Å²) in [5.41, 5.74) is 5.18. The number of anilines is 1. The van der Waals surface area contributed by atoms with Crippen molar-refractivity contribution in [3.8, 4) is 0 Å². The molecule has 0 aliphatic rings. The molecule has 0 aliphatic carbocycles. The van der Waals surface area contributed by atoms with Gasteiger partial charge in [0, 0.05) is 19.5 Å². The highest BCUT2D eigenvalue weighted by Gasteiger charge is 2.08. The van der Waals surface area contributed by atoms with Gasteiger partial charge in [0.1, 0.15) is 11.5 Å². The smallest absolute Gasteiger partial charge is 0.271 e. The highest BCUT2D eigenvalue weighted by Crippen LogP contribution is 2.02. The van der Waals surface area contributed by atoms with Gasteiger partial charge in [0.15, 0.2) is 0 Å². The molecule has 0 radical (unpaired) electrons. The van der Waals surface area contributed by atoms with E-state index in [1.165, 1.54) is 6.20 Å². The lowest BCUT2D eigenvalue weighted by molar-refractivity contribution is -0.117. The van der Waals surface area contributed by atoms with Crippen molar-refractivity contribution in [2.45, 2.75) is 19.8 Å². The molecule has 4 N–H and O–H groups in total. The van der Waals surface area contributed by atoms with E-state index in [0.717, 1.165) is 13.0 Å². The number of hydrogen-bond acceptors (Lipinski definition) is 5. The van der Waals surface area contributed by atoms with Gasteiger partial charge in [-0.15, -0.1) is 0 Å². The van der Waals surface area contributed by atoms with Crippen LogP contribution in [0, 0.1) is 0 Å². The summed E-state index contributed by atoms with van der Waals surface area (Å²) in [6.07, 6.45) is 3.98. The van der Waals surface area contributed by atoms with Crippen LogP contribution in [0.1, 0.15) is 30.3 Å². The second kappa shape index (κ2) is 7.21. The third-order valence-corrected chi connectivity index (χ3v) is 2.08. The zero-order valence-electron chi connectivity index (χ0n) is 10.3. The van der Waals surface area contributed by atoms with Crippen LogP contribution in [0.3, 0.4) is 0 Å². The summed E-state index contributed by atoms with van der Waals surface area (Å²) in [5.74, 6) is -0.275. The molecule has 0 aliphatic heterocycles. The number of carbonyl (C=O) groups excluding carboxylic acids is 2. The molecular formula is C11H17N5O2. The molecule has 1 heterocycles. The molecule has 0 atom stereocenters. The zero-order valence-corrected chi connectivity index (χ0v) is 10.3. The predicted molar refractivity (Wildman–Crippen MR) is 67.0 cm³/mol. The van der Waals surface area contributed by atoms with E-state index < -0.39 is 5.91 Å². The first-order valence-electron chi connectivity index (χ1n) is 5.76. The number of carbonyl (C=O) groups is 2. The maximum Gasteiger partial charge on any atom is 0.271 e.